The van der Waals surface area contributed by atoms with Gasteiger partial charge in [-0.2, -0.15) is 0 Å². The van der Waals surface area contributed by atoms with E-state index in [-0.39, 0.29) is 25.7 Å². The summed E-state index contributed by atoms with van der Waals surface area (Å²) in [4.78, 5) is 9.25. The van der Waals surface area contributed by atoms with Gasteiger partial charge in [-0.05, 0) is 53.2 Å². The van der Waals surface area contributed by atoms with Crippen LogP contribution in [0.5, 0.6) is 0 Å². The fourth-order valence-corrected chi connectivity index (χ4v) is 6.23. The number of hydrogen-bond donors (Lipinski definition) is 0. The second kappa shape index (κ2) is 13.8. The molecule has 0 saturated heterocycles. The van der Waals surface area contributed by atoms with Gasteiger partial charge in [0.1, 0.15) is 0 Å². The monoisotopic (exact) mass is 773 g/mol. The van der Waals surface area contributed by atoms with Crippen LogP contribution >= 0.6 is 11.3 Å². The molecular formula is C39H35IrN3S-2. The van der Waals surface area contributed by atoms with Gasteiger partial charge in [-0.1, -0.05) is 104 Å². The van der Waals surface area contributed by atoms with Crippen LogP contribution in [0.15, 0.2) is 109 Å². The van der Waals surface area contributed by atoms with E-state index in [4.69, 9.17) is 9.10 Å². The number of rotatable bonds is 5. The molecule has 7 rings (SSSR count). The van der Waals surface area contributed by atoms with E-state index in [1.165, 1.54) is 33.1 Å². The molecule has 44 heavy (non-hydrogen) atoms. The second-order valence-corrected chi connectivity index (χ2v) is 12.0. The van der Waals surface area contributed by atoms with Crippen molar-refractivity contribution in [1.82, 2.24) is 14.5 Å². The van der Waals surface area contributed by atoms with E-state index in [0.29, 0.717) is 11.8 Å². The molecule has 4 aromatic carbocycles. The van der Waals surface area contributed by atoms with E-state index in [2.05, 4.69) is 115 Å². The molecule has 0 fully saturated rings. The van der Waals surface area contributed by atoms with Crippen molar-refractivity contribution in [2.45, 2.75) is 46.4 Å². The van der Waals surface area contributed by atoms with Crippen molar-refractivity contribution in [2.24, 2.45) is 0 Å². The number of aryl methyl sites for hydroxylation is 1. The molecule has 5 heteroatoms. The van der Waals surface area contributed by atoms with Crippen molar-refractivity contribution in [3.63, 3.8) is 0 Å². The van der Waals surface area contributed by atoms with Crippen LogP contribution < -0.4 is 0 Å². The molecule has 0 aliphatic heterocycles. The Balaban J connectivity index is 0.000000217. The summed E-state index contributed by atoms with van der Waals surface area (Å²) in [5.41, 5.74) is 9.07. The third kappa shape index (κ3) is 6.32. The Kier molecular flexibility index (Phi) is 8.68. The van der Waals surface area contributed by atoms with Crippen LogP contribution in [0.25, 0.3) is 49.5 Å². The topological polar surface area (TPSA) is 30.7 Å². The van der Waals surface area contributed by atoms with Gasteiger partial charge in [0, 0.05) is 36.1 Å². The maximum absolute atomic E-state index is 7.23. The molecule has 0 aliphatic carbocycles. The van der Waals surface area contributed by atoms with Crippen LogP contribution in [0.1, 0.15) is 60.3 Å². The molecule has 0 amide bonds. The Morgan fingerprint density at radius 3 is 2.20 bits per heavy atom. The first-order chi connectivity index (χ1) is 22.1. The quantitative estimate of drug-likeness (QED) is 0.163. The zero-order valence-corrected chi connectivity index (χ0v) is 28.3. The molecule has 0 saturated carbocycles. The summed E-state index contributed by atoms with van der Waals surface area (Å²) in [6, 6.07) is 37.5. The fourth-order valence-electron chi connectivity index (χ4n) is 5.39. The average Bonchev–Trinajstić information content (AvgIpc) is 3.66. The Hall–Kier alpha value is -3.89. The number of nitrogens with zero attached hydrogens (tertiary/aromatic N) is 3. The van der Waals surface area contributed by atoms with Gasteiger partial charge >= 0.3 is 0 Å². The molecule has 0 atom stereocenters. The van der Waals surface area contributed by atoms with Crippen LogP contribution in [0.4, 0.5) is 0 Å². The SMILES string of the molecule is CC(C)c1cccc(C(C)C)c1-n1c(-c2[c-]sc3ccccc23)nc2ccccc21.[2H]C([2H])([2H])c1ccc(-c2[c-]cccc2)nc1.[Ir]. The normalized spacial score (nSPS) is 12.4. The molecule has 1 radical (unpaired) electrons. The Labute approximate surface area is 282 Å². The number of imidazole rings is 1. The number of aromatic nitrogens is 3. The Morgan fingerprint density at radius 2 is 1.52 bits per heavy atom. The molecule has 0 bridgehead atoms. The maximum atomic E-state index is 7.23. The minimum absolute atomic E-state index is 0. The van der Waals surface area contributed by atoms with Gasteiger partial charge in [-0.25, -0.2) is 0 Å². The van der Waals surface area contributed by atoms with E-state index in [1.807, 2.05) is 18.2 Å². The zero-order chi connectivity index (χ0) is 32.4. The summed E-state index contributed by atoms with van der Waals surface area (Å²) in [6.07, 6.45) is 1.39. The van der Waals surface area contributed by atoms with Crippen molar-refractivity contribution in [2.75, 3.05) is 0 Å². The first-order valence-electron chi connectivity index (χ1n) is 16.1. The largest absolute Gasteiger partial charge is 0.333 e. The maximum Gasteiger partial charge on any atom is 0.0774 e. The molecular weight excluding hydrogens is 735 g/mol. The number of thiophene rings is 1. The van der Waals surface area contributed by atoms with Crippen molar-refractivity contribution in [3.05, 3.63) is 137 Å². The third-order valence-electron chi connectivity index (χ3n) is 7.52. The molecule has 7 aromatic rings. The van der Waals surface area contributed by atoms with E-state index in [0.717, 1.165) is 33.7 Å². The Bertz CT molecular complexity index is 2070. The van der Waals surface area contributed by atoms with Crippen molar-refractivity contribution in [1.29, 1.82) is 0 Å². The summed E-state index contributed by atoms with van der Waals surface area (Å²) < 4.78 is 25.3. The minimum atomic E-state index is -2.09. The van der Waals surface area contributed by atoms with E-state index in [1.54, 1.807) is 29.5 Å². The minimum Gasteiger partial charge on any atom is -0.333 e. The van der Waals surface area contributed by atoms with Gasteiger partial charge in [0.25, 0.3) is 0 Å². The second-order valence-electron chi connectivity index (χ2n) is 11.1. The van der Waals surface area contributed by atoms with E-state index < -0.39 is 6.85 Å². The smallest absolute Gasteiger partial charge is 0.0774 e. The summed E-state index contributed by atoms with van der Waals surface area (Å²) in [6.45, 7) is 7.00. The van der Waals surface area contributed by atoms with Crippen molar-refractivity contribution < 1.29 is 24.2 Å². The van der Waals surface area contributed by atoms with E-state index in [9.17, 15) is 0 Å². The predicted octanol–water partition coefficient (Wildman–Crippen LogP) is 10.8. The molecule has 0 N–H and O–H groups in total. The molecule has 0 aliphatic rings. The van der Waals surface area contributed by atoms with Crippen molar-refractivity contribution in [3.8, 4) is 28.3 Å². The summed E-state index contributed by atoms with van der Waals surface area (Å²) in [5, 5.41) is 4.77. The zero-order valence-electron chi connectivity index (χ0n) is 28.1. The van der Waals surface area contributed by atoms with Crippen LogP contribution in [0.2, 0.25) is 0 Å². The number of hydrogen-bond acceptors (Lipinski definition) is 3. The molecule has 223 valence electrons. The standard InChI is InChI=1S/C27H25N2S.C12H10N.Ir/c1-17(2)19-11-9-12-20(18(3)4)26(19)29-24-14-7-6-13-23(24)28-27(29)22-16-30-25-15-8-5-10-21(22)25;1-10-7-8-12(13-9-10)11-5-3-2-4-6-11;/h5-15,17-18H,1-4H3;2-5,7-9H,1H3;/q2*-1;/i;1D3;. The van der Waals surface area contributed by atoms with E-state index >= 15 is 0 Å². The van der Waals surface area contributed by atoms with Crippen LogP contribution in [0.3, 0.4) is 0 Å². The van der Waals surface area contributed by atoms with Crippen LogP contribution in [-0.2, 0) is 20.1 Å². The number of para-hydroxylation sites is 3. The molecule has 0 unspecified atom stereocenters. The predicted molar refractivity (Wildman–Crippen MR) is 182 cm³/mol. The van der Waals surface area contributed by atoms with Crippen molar-refractivity contribution >= 4 is 32.5 Å². The first-order valence-corrected chi connectivity index (χ1v) is 15.4. The third-order valence-corrected chi connectivity index (χ3v) is 8.40. The average molecular weight is 773 g/mol. The molecule has 3 aromatic heterocycles. The number of benzene rings is 4. The van der Waals surface area contributed by atoms with Gasteiger partial charge in [0.15, 0.2) is 0 Å². The van der Waals surface area contributed by atoms with Gasteiger partial charge in [0.2, 0.25) is 0 Å². The summed E-state index contributed by atoms with van der Waals surface area (Å²) >= 11 is 1.67. The van der Waals surface area contributed by atoms with Gasteiger partial charge in [-0.15, -0.1) is 47.3 Å². The summed E-state index contributed by atoms with van der Waals surface area (Å²) in [5.74, 6) is 1.80. The summed E-state index contributed by atoms with van der Waals surface area (Å²) in [7, 11) is 0. The molecule has 3 heterocycles. The number of fused-ring (bicyclic) bond motifs is 2. The van der Waals surface area contributed by atoms with Crippen LogP contribution in [-0.4, -0.2) is 14.5 Å². The van der Waals surface area contributed by atoms with Crippen LogP contribution in [0, 0.1) is 18.3 Å². The first kappa shape index (κ1) is 27.6. The van der Waals surface area contributed by atoms with Gasteiger partial charge in [-0.3, -0.25) is 16.3 Å². The molecule has 0 spiro atoms. The van der Waals surface area contributed by atoms with Gasteiger partial charge in [0.05, 0.1) is 16.9 Å². The fraction of sp³-hybridized carbons (Fsp3) is 0.179. The Morgan fingerprint density at radius 1 is 0.795 bits per heavy atom. The van der Waals surface area contributed by atoms with Gasteiger partial charge < -0.3 is 9.55 Å². The molecule has 3 nitrogen and oxygen atoms in total. The number of pyridine rings is 1.